The molecule has 0 amide bonds. The standard InChI is InChI=1S/C48H39N7/c1-49-37-16-10-7-13-31(37)43-46(49)34-22-19-28(25-40(34)52(43)4)55(29-20-23-35-41(26-29)53(5)44-32-14-8-11-17-38(32)50(2)47(35)44)30-21-24-36-42(27-30)54(6)45-33-15-9-12-18-39(33)51(3)48(36)45/h7-27H,1-6H3. The highest BCUT2D eigenvalue weighted by atomic mass is 15.2. The van der Waals surface area contributed by atoms with E-state index in [9.17, 15) is 0 Å². The quantitative estimate of drug-likeness (QED) is 0.179. The number of fused-ring (bicyclic) bond motifs is 15. The van der Waals surface area contributed by atoms with Crippen LogP contribution >= 0.6 is 0 Å². The largest absolute Gasteiger partial charge is 0.342 e. The molecule has 0 fully saturated rings. The average molecular weight is 714 g/mol. The maximum absolute atomic E-state index is 2.44. The second-order valence-corrected chi connectivity index (χ2v) is 15.4. The second-order valence-electron chi connectivity index (χ2n) is 15.4. The molecule has 6 heterocycles. The van der Waals surface area contributed by atoms with Crippen molar-refractivity contribution in [2.75, 3.05) is 4.90 Å². The van der Waals surface area contributed by atoms with E-state index in [0.29, 0.717) is 0 Å². The van der Waals surface area contributed by atoms with Crippen molar-refractivity contribution in [3.05, 3.63) is 127 Å². The Labute approximate surface area is 316 Å². The van der Waals surface area contributed by atoms with Crippen molar-refractivity contribution in [3.8, 4) is 0 Å². The van der Waals surface area contributed by atoms with Gasteiger partial charge in [0.1, 0.15) is 0 Å². The van der Waals surface area contributed by atoms with Gasteiger partial charge < -0.3 is 32.3 Å². The van der Waals surface area contributed by atoms with Crippen LogP contribution in [0.25, 0.3) is 98.5 Å². The molecule has 7 heteroatoms. The van der Waals surface area contributed by atoms with Crippen molar-refractivity contribution in [2.45, 2.75) is 0 Å². The van der Waals surface area contributed by atoms with Crippen LogP contribution in [0.4, 0.5) is 17.1 Å². The third-order valence-corrected chi connectivity index (χ3v) is 12.8. The van der Waals surface area contributed by atoms with Crippen molar-refractivity contribution in [1.29, 1.82) is 0 Å². The number of nitrogens with zero attached hydrogens (tertiary/aromatic N) is 7. The summed E-state index contributed by atoms with van der Waals surface area (Å²) in [6.07, 6.45) is 0. The Morgan fingerprint density at radius 2 is 0.509 bits per heavy atom. The molecule has 55 heavy (non-hydrogen) atoms. The van der Waals surface area contributed by atoms with E-state index in [1.54, 1.807) is 0 Å². The molecule has 0 aliphatic rings. The lowest BCUT2D eigenvalue weighted by Crippen LogP contribution is -2.10. The van der Waals surface area contributed by atoms with Crippen molar-refractivity contribution in [2.24, 2.45) is 42.3 Å². The van der Waals surface area contributed by atoms with Crippen molar-refractivity contribution in [1.82, 2.24) is 27.4 Å². The van der Waals surface area contributed by atoms with Crippen LogP contribution in [-0.4, -0.2) is 27.4 Å². The number of aryl methyl sites for hydroxylation is 6. The van der Waals surface area contributed by atoms with Crippen LogP contribution in [0.15, 0.2) is 127 Å². The highest BCUT2D eigenvalue weighted by Crippen LogP contribution is 2.45. The molecule has 12 aromatic rings. The van der Waals surface area contributed by atoms with Gasteiger partial charge in [0.05, 0.1) is 66.2 Å². The maximum Gasteiger partial charge on any atom is 0.0751 e. The van der Waals surface area contributed by atoms with Gasteiger partial charge in [-0.1, -0.05) is 54.6 Å². The van der Waals surface area contributed by atoms with E-state index in [1.807, 2.05) is 0 Å². The number of rotatable bonds is 3. The first-order valence-corrected chi connectivity index (χ1v) is 19.0. The molecule has 0 aliphatic heterocycles. The maximum atomic E-state index is 2.44. The first kappa shape index (κ1) is 30.6. The van der Waals surface area contributed by atoms with E-state index >= 15 is 0 Å². The van der Waals surface area contributed by atoms with Crippen LogP contribution in [0.5, 0.6) is 0 Å². The predicted octanol–water partition coefficient (Wildman–Crippen LogP) is 11.6. The smallest absolute Gasteiger partial charge is 0.0751 e. The van der Waals surface area contributed by atoms with Gasteiger partial charge in [-0.15, -0.1) is 0 Å². The lowest BCUT2D eigenvalue weighted by atomic mass is 10.1. The molecule has 0 aliphatic carbocycles. The molecule has 6 aromatic heterocycles. The summed E-state index contributed by atoms with van der Waals surface area (Å²) in [5.74, 6) is 0. The SMILES string of the molecule is Cn1c2ccccc2c2c1c1ccc(N(c3ccc4c(c3)n(C)c3c5ccccc5n(C)c43)c3ccc4c(c3)n(C)c3c5ccccc5n(C)c43)cc1n2C. The minimum Gasteiger partial charge on any atom is -0.342 e. The predicted molar refractivity (Wildman–Crippen MR) is 233 cm³/mol. The Kier molecular flexibility index (Phi) is 5.79. The van der Waals surface area contributed by atoms with Crippen LogP contribution in [0, 0.1) is 0 Å². The molecule has 266 valence electrons. The van der Waals surface area contributed by atoms with Gasteiger partial charge in [0, 0.05) is 91.7 Å². The summed E-state index contributed by atoms with van der Waals surface area (Å²) < 4.78 is 14.2. The summed E-state index contributed by atoms with van der Waals surface area (Å²) in [6, 6.07) is 47.2. The number of hydrogen-bond donors (Lipinski definition) is 0. The van der Waals surface area contributed by atoms with E-state index in [1.165, 1.54) is 98.5 Å². The second kappa shape index (κ2) is 10.4. The molecule has 0 saturated carbocycles. The van der Waals surface area contributed by atoms with Gasteiger partial charge in [-0.05, 0) is 72.8 Å². The Bertz CT molecular complexity index is 3240. The summed E-state index contributed by atoms with van der Waals surface area (Å²) >= 11 is 0. The van der Waals surface area contributed by atoms with Crippen LogP contribution in [0.3, 0.4) is 0 Å². The van der Waals surface area contributed by atoms with Gasteiger partial charge in [-0.3, -0.25) is 0 Å². The Hall–Kier alpha value is -6.86. The van der Waals surface area contributed by atoms with Crippen molar-refractivity contribution < 1.29 is 0 Å². The van der Waals surface area contributed by atoms with Gasteiger partial charge in [-0.25, -0.2) is 0 Å². The minimum absolute atomic E-state index is 1.12. The summed E-state index contributed by atoms with van der Waals surface area (Å²) in [4.78, 5) is 2.44. The molecular weight excluding hydrogens is 675 g/mol. The molecular formula is C48H39N7. The van der Waals surface area contributed by atoms with Gasteiger partial charge in [0.25, 0.3) is 0 Å². The molecule has 0 N–H and O–H groups in total. The average Bonchev–Trinajstić information content (AvgIpc) is 4.01. The van der Waals surface area contributed by atoms with Crippen molar-refractivity contribution in [3.63, 3.8) is 0 Å². The van der Waals surface area contributed by atoms with Crippen LogP contribution in [0.1, 0.15) is 0 Å². The van der Waals surface area contributed by atoms with E-state index in [4.69, 9.17) is 0 Å². The van der Waals surface area contributed by atoms with Crippen LogP contribution in [0.2, 0.25) is 0 Å². The fraction of sp³-hybridized carbons (Fsp3) is 0.125. The molecule has 0 unspecified atom stereocenters. The Morgan fingerprint density at radius 3 is 0.800 bits per heavy atom. The summed E-state index contributed by atoms with van der Waals surface area (Å²) in [6.45, 7) is 0. The normalized spacial score (nSPS) is 12.5. The van der Waals surface area contributed by atoms with Gasteiger partial charge in [0.15, 0.2) is 0 Å². The zero-order chi connectivity index (χ0) is 37.0. The third-order valence-electron chi connectivity index (χ3n) is 12.8. The van der Waals surface area contributed by atoms with Gasteiger partial charge in [-0.2, -0.15) is 0 Å². The molecule has 0 radical (unpaired) electrons. The first-order chi connectivity index (χ1) is 26.8. The number of hydrogen-bond acceptors (Lipinski definition) is 1. The monoisotopic (exact) mass is 713 g/mol. The third kappa shape index (κ3) is 3.70. The highest BCUT2D eigenvalue weighted by Gasteiger charge is 2.24. The van der Waals surface area contributed by atoms with Crippen LogP contribution < -0.4 is 4.90 Å². The molecule has 0 bridgehead atoms. The van der Waals surface area contributed by atoms with Crippen molar-refractivity contribution >= 4 is 116 Å². The van der Waals surface area contributed by atoms with E-state index in [-0.39, 0.29) is 0 Å². The fourth-order valence-corrected chi connectivity index (χ4v) is 10.3. The molecule has 7 nitrogen and oxygen atoms in total. The molecule has 0 saturated heterocycles. The highest BCUT2D eigenvalue weighted by molar-refractivity contribution is 6.21. The van der Waals surface area contributed by atoms with E-state index in [2.05, 4.69) is 202 Å². The van der Waals surface area contributed by atoms with Gasteiger partial charge >= 0.3 is 0 Å². The van der Waals surface area contributed by atoms with Crippen LogP contribution in [-0.2, 0) is 42.3 Å². The number of para-hydroxylation sites is 3. The lowest BCUT2D eigenvalue weighted by molar-refractivity contribution is 1.00. The summed E-state index contributed by atoms with van der Waals surface area (Å²) in [5, 5.41) is 7.60. The zero-order valence-corrected chi connectivity index (χ0v) is 31.8. The van der Waals surface area contributed by atoms with E-state index in [0.717, 1.165) is 17.1 Å². The number of aromatic nitrogens is 6. The summed E-state index contributed by atoms with van der Waals surface area (Å²) in [7, 11) is 13.2. The summed E-state index contributed by atoms with van der Waals surface area (Å²) in [5.41, 5.74) is 18.4. The van der Waals surface area contributed by atoms with E-state index < -0.39 is 0 Å². The number of anilines is 3. The Balaban J connectivity index is 1.13. The Morgan fingerprint density at radius 1 is 0.273 bits per heavy atom. The molecule has 12 rings (SSSR count). The van der Waals surface area contributed by atoms with Gasteiger partial charge in [0.2, 0.25) is 0 Å². The topological polar surface area (TPSA) is 32.8 Å². The minimum atomic E-state index is 1.12. The lowest BCUT2D eigenvalue weighted by Gasteiger charge is -2.26. The fourth-order valence-electron chi connectivity index (χ4n) is 10.3. The molecule has 0 spiro atoms. The first-order valence-electron chi connectivity index (χ1n) is 19.0. The molecule has 6 aromatic carbocycles. The number of benzene rings is 6. The molecule has 0 atom stereocenters. The zero-order valence-electron chi connectivity index (χ0n) is 31.8.